The highest BCUT2D eigenvalue weighted by molar-refractivity contribution is 9.10. The zero-order valence-corrected chi connectivity index (χ0v) is 12.7. The van der Waals surface area contributed by atoms with E-state index in [0.29, 0.717) is 27.7 Å². The average Bonchev–Trinajstić information content (AvgIpc) is 2.87. The van der Waals surface area contributed by atoms with Crippen LogP contribution < -0.4 is 5.32 Å². The van der Waals surface area contributed by atoms with Crippen LogP contribution in [0.25, 0.3) is 11.4 Å². The molecule has 6 heteroatoms. The van der Waals surface area contributed by atoms with Crippen molar-refractivity contribution in [3.8, 4) is 11.4 Å². The summed E-state index contributed by atoms with van der Waals surface area (Å²) in [6, 6.07) is 4.66. The monoisotopic (exact) mass is 339 g/mol. The van der Waals surface area contributed by atoms with E-state index in [9.17, 15) is 4.39 Å². The topological polar surface area (TPSA) is 51.0 Å². The van der Waals surface area contributed by atoms with Gasteiger partial charge in [-0.3, -0.25) is 0 Å². The highest BCUT2D eigenvalue weighted by atomic mass is 79.9. The number of piperidine rings is 1. The maximum Gasteiger partial charge on any atom is 0.244 e. The summed E-state index contributed by atoms with van der Waals surface area (Å²) >= 11 is 3.26. The van der Waals surface area contributed by atoms with E-state index in [4.69, 9.17) is 4.52 Å². The van der Waals surface area contributed by atoms with Crippen molar-refractivity contribution in [3.63, 3.8) is 0 Å². The van der Waals surface area contributed by atoms with Gasteiger partial charge in [-0.1, -0.05) is 28.0 Å². The summed E-state index contributed by atoms with van der Waals surface area (Å²) in [6.45, 7) is 3.12. The van der Waals surface area contributed by atoms with Gasteiger partial charge in [-0.25, -0.2) is 4.39 Å². The molecular weight excluding hydrogens is 325 g/mol. The first-order valence-corrected chi connectivity index (χ1v) is 7.46. The molecule has 20 heavy (non-hydrogen) atoms. The van der Waals surface area contributed by atoms with Gasteiger partial charge in [-0.05, 0) is 43.5 Å². The number of nitrogens with one attached hydrogen (secondary N) is 1. The average molecular weight is 340 g/mol. The maximum atomic E-state index is 13.4. The molecule has 0 radical (unpaired) electrons. The zero-order valence-electron chi connectivity index (χ0n) is 11.1. The van der Waals surface area contributed by atoms with Crippen molar-refractivity contribution in [1.29, 1.82) is 0 Å². The Morgan fingerprint density at radius 3 is 3.00 bits per heavy atom. The molecule has 0 bridgehead atoms. The lowest BCUT2D eigenvalue weighted by Gasteiger charge is -2.26. The van der Waals surface area contributed by atoms with Gasteiger partial charge in [0.25, 0.3) is 0 Å². The fourth-order valence-corrected chi connectivity index (χ4v) is 3.01. The van der Waals surface area contributed by atoms with Gasteiger partial charge in [-0.15, -0.1) is 0 Å². The normalized spacial score (nSPS) is 22.9. The van der Waals surface area contributed by atoms with E-state index in [1.54, 1.807) is 6.07 Å². The molecule has 1 saturated heterocycles. The van der Waals surface area contributed by atoms with E-state index in [1.807, 2.05) is 0 Å². The molecule has 2 aromatic rings. The van der Waals surface area contributed by atoms with Crippen molar-refractivity contribution in [3.05, 3.63) is 34.4 Å². The molecule has 0 aliphatic carbocycles. The second-order valence-electron chi connectivity index (χ2n) is 5.17. The molecule has 1 aliphatic rings. The number of halogens is 2. The predicted molar refractivity (Wildman–Crippen MR) is 76.5 cm³/mol. The molecule has 106 valence electrons. The number of benzene rings is 1. The van der Waals surface area contributed by atoms with Crippen LogP contribution in [0.2, 0.25) is 0 Å². The van der Waals surface area contributed by atoms with Crippen LogP contribution in [-0.2, 0) is 0 Å². The van der Waals surface area contributed by atoms with Crippen LogP contribution in [0.4, 0.5) is 4.39 Å². The highest BCUT2D eigenvalue weighted by Crippen LogP contribution is 2.29. The molecule has 1 fully saturated rings. The Balaban J connectivity index is 1.89. The molecule has 4 nitrogen and oxygen atoms in total. The van der Waals surface area contributed by atoms with Gasteiger partial charge in [0.05, 0.1) is 6.04 Å². The number of hydrogen-bond acceptors (Lipinski definition) is 4. The van der Waals surface area contributed by atoms with Crippen LogP contribution in [-0.4, -0.2) is 16.7 Å². The lowest BCUT2D eigenvalue weighted by molar-refractivity contribution is 0.239. The maximum absolute atomic E-state index is 13.4. The van der Waals surface area contributed by atoms with Gasteiger partial charge in [-0.2, -0.15) is 4.98 Å². The van der Waals surface area contributed by atoms with Crippen molar-refractivity contribution in [2.45, 2.75) is 25.8 Å². The summed E-state index contributed by atoms with van der Waals surface area (Å²) in [5.74, 6) is 1.12. The van der Waals surface area contributed by atoms with Crippen LogP contribution >= 0.6 is 15.9 Å². The Morgan fingerprint density at radius 2 is 2.25 bits per heavy atom. The molecule has 2 unspecified atom stereocenters. The van der Waals surface area contributed by atoms with Crippen molar-refractivity contribution in [2.75, 3.05) is 6.54 Å². The summed E-state index contributed by atoms with van der Waals surface area (Å²) in [7, 11) is 0. The lowest BCUT2D eigenvalue weighted by Crippen LogP contribution is -2.33. The van der Waals surface area contributed by atoms with Crippen molar-refractivity contribution in [2.24, 2.45) is 5.92 Å². The molecule has 3 rings (SSSR count). The summed E-state index contributed by atoms with van der Waals surface area (Å²) in [4.78, 5) is 4.41. The molecule has 1 N–H and O–H groups in total. The molecule has 2 atom stereocenters. The standard InChI is InChI=1S/C14H15BrFN3O/c1-8-3-2-4-17-12(8)14-18-13(19-20-14)9-5-10(15)7-11(16)6-9/h5-8,12,17H,2-4H2,1H3. The number of rotatable bonds is 2. The largest absolute Gasteiger partial charge is 0.337 e. The quantitative estimate of drug-likeness (QED) is 0.906. The van der Waals surface area contributed by atoms with Crippen LogP contribution in [0.1, 0.15) is 31.7 Å². The van der Waals surface area contributed by atoms with Gasteiger partial charge in [0.15, 0.2) is 0 Å². The smallest absolute Gasteiger partial charge is 0.244 e. The third kappa shape index (κ3) is 2.76. The molecular formula is C14H15BrFN3O. The number of aromatic nitrogens is 2. The molecule has 1 aliphatic heterocycles. The highest BCUT2D eigenvalue weighted by Gasteiger charge is 2.27. The molecule has 1 aromatic carbocycles. The third-order valence-electron chi connectivity index (χ3n) is 3.60. The lowest BCUT2D eigenvalue weighted by atomic mass is 9.93. The SMILES string of the molecule is CC1CCCNC1c1nc(-c2cc(F)cc(Br)c2)no1. The van der Waals surface area contributed by atoms with E-state index in [0.717, 1.165) is 19.4 Å². The van der Waals surface area contributed by atoms with E-state index in [1.165, 1.54) is 12.1 Å². The van der Waals surface area contributed by atoms with Crippen LogP contribution in [0.3, 0.4) is 0 Å². The third-order valence-corrected chi connectivity index (χ3v) is 4.06. The van der Waals surface area contributed by atoms with Gasteiger partial charge in [0.1, 0.15) is 5.82 Å². The molecule has 0 spiro atoms. The molecule has 0 amide bonds. The van der Waals surface area contributed by atoms with Gasteiger partial charge >= 0.3 is 0 Å². The fraction of sp³-hybridized carbons (Fsp3) is 0.429. The Hall–Kier alpha value is -1.27. The minimum absolute atomic E-state index is 0.0852. The zero-order chi connectivity index (χ0) is 14.1. The molecule has 0 saturated carbocycles. The van der Waals surface area contributed by atoms with Crippen molar-refractivity contribution in [1.82, 2.24) is 15.5 Å². The van der Waals surface area contributed by atoms with Gasteiger partial charge < -0.3 is 9.84 Å². The number of nitrogens with zero attached hydrogens (tertiary/aromatic N) is 2. The van der Waals surface area contributed by atoms with Crippen molar-refractivity contribution >= 4 is 15.9 Å². The Bertz CT molecular complexity index is 596. The Morgan fingerprint density at radius 1 is 1.40 bits per heavy atom. The Labute approximate surface area is 124 Å². The predicted octanol–water partition coefficient (Wildman–Crippen LogP) is 3.70. The summed E-state index contributed by atoms with van der Waals surface area (Å²) in [5, 5.41) is 7.36. The van der Waals surface area contributed by atoms with Crippen LogP contribution in [0.5, 0.6) is 0 Å². The molecule has 2 heterocycles. The summed E-state index contributed by atoms with van der Waals surface area (Å²) in [6.07, 6.45) is 2.30. The minimum Gasteiger partial charge on any atom is -0.337 e. The number of hydrogen-bond donors (Lipinski definition) is 1. The first kappa shape index (κ1) is 13.7. The molecule has 1 aromatic heterocycles. The van der Waals surface area contributed by atoms with E-state index in [2.05, 4.69) is 38.3 Å². The fourth-order valence-electron chi connectivity index (χ4n) is 2.54. The van der Waals surface area contributed by atoms with E-state index >= 15 is 0 Å². The first-order valence-electron chi connectivity index (χ1n) is 6.67. The second-order valence-corrected chi connectivity index (χ2v) is 6.08. The second kappa shape index (κ2) is 5.61. The van der Waals surface area contributed by atoms with Gasteiger partial charge in [0, 0.05) is 10.0 Å². The van der Waals surface area contributed by atoms with E-state index in [-0.39, 0.29) is 11.9 Å². The van der Waals surface area contributed by atoms with Crippen molar-refractivity contribution < 1.29 is 8.91 Å². The van der Waals surface area contributed by atoms with Gasteiger partial charge in [0.2, 0.25) is 11.7 Å². The van der Waals surface area contributed by atoms with Crippen LogP contribution in [0, 0.1) is 11.7 Å². The summed E-state index contributed by atoms with van der Waals surface area (Å²) < 4.78 is 19.4. The van der Waals surface area contributed by atoms with E-state index < -0.39 is 0 Å². The first-order chi connectivity index (χ1) is 9.63. The van der Waals surface area contributed by atoms with Crippen LogP contribution in [0.15, 0.2) is 27.2 Å². The Kier molecular flexibility index (Phi) is 3.85. The minimum atomic E-state index is -0.329. The summed E-state index contributed by atoms with van der Waals surface area (Å²) in [5.41, 5.74) is 0.607.